The summed E-state index contributed by atoms with van der Waals surface area (Å²) in [5, 5.41) is 2.58. The third kappa shape index (κ3) is 11.6. The van der Waals surface area contributed by atoms with E-state index in [1.165, 1.54) is 40.9 Å². The molecule has 43 heavy (non-hydrogen) atoms. The Kier molecular flexibility index (Phi) is 12.6. The molecule has 2 aliphatic heterocycles. The van der Waals surface area contributed by atoms with Crippen molar-refractivity contribution in [3.05, 3.63) is 70.8 Å². The number of amides is 3. The first-order chi connectivity index (χ1) is 20.2. The number of alkyl carbamates (subject to hydrolysis) is 1. The van der Waals surface area contributed by atoms with Crippen molar-refractivity contribution in [1.82, 2.24) is 15.1 Å². The van der Waals surface area contributed by atoms with Crippen molar-refractivity contribution >= 4 is 41.4 Å². The van der Waals surface area contributed by atoms with E-state index in [9.17, 15) is 31.9 Å². The summed E-state index contributed by atoms with van der Waals surface area (Å²) in [4.78, 5) is 39.6. The molecule has 0 aromatic heterocycles. The number of ether oxygens (including phenoxy) is 1. The van der Waals surface area contributed by atoms with Crippen LogP contribution in [-0.2, 0) is 27.4 Å². The Morgan fingerprint density at radius 3 is 1.74 bits per heavy atom. The van der Waals surface area contributed by atoms with Crippen molar-refractivity contribution < 1.29 is 36.7 Å². The summed E-state index contributed by atoms with van der Waals surface area (Å²) in [5.41, 5.74) is 5.87. The average Bonchev–Trinajstić information content (AvgIpc) is 3.14. The molecule has 8 nitrogen and oxygen atoms in total. The van der Waals surface area contributed by atoms with E-state index in [4.69, 9.17) is 10.5 Å². The van der Waals surface area contributed by atoms with Crippen LogP contribution in [0, 0.1) is 23.3 Å². The normalized spacial score (nSPS) is 19.6. The molecule has 3 amide bonds. The van der Waals surface area contributed by atoms with Gasteiger partial charge >= 0.3 is 6.09 Å². The fourth-order valence-electron chi connectivity index (χ4n) is 4.29. The van der Waals surface area contributed by atoms with E-state index < -0.39 is 47.0 Å². The molecule has 2 aromatic rings. The van der Waals surface area contributed by atoms with Crippen LogP contribution < -0.4 is 11.1 Å². The van der Waals surface area contributed by atoms with Gasteiger partial charge in [0, 0.05) is 61.3 Å². The zero-order valence-electron chi connectivity index (χ0n) is 24.2. The molecule has 0 aliphatic carbocycles. The second kappa shape index (κ2) is 15.7. The number of carbonyl (C=O) groups is 3. The lowest BCUT2D eigenvalue weighted by Crippen LogP contribution is -2.49. The van der Waals surface area contributed by atoms with Crippen molar-refractivity contribution in [2.24, 2.45) is 5.73 Å². The molecule has 0 spiro atoms. The number of nitrogens with zero attached hydrogens (tertiary/aromatic N) is 2. The van der Waals surface area contributed by atoms with E-state index in [1.807, 2.05) is 0 Å². The molecule has 2 atom stereocenters. The largest absolute Gasteiger partial charge is 0.444 e. The minimum absolute atomic E-state index is 0.0839. The van der Waals surface area contributed by atoms with Gasteiger partial charge in [0.2, 0.25) is 11.8 Å². The van der Waals surface area contributed by atoms with Crippen LogP contribution in [0.1, 0.15) is 31.9 Å². The highest BCUT2D eigenvalue weighted by atomic mass is 32.2. The number of benzene rings is 2. The van der Waals surface area contributed by atoms with Crippen LogP contribution in [0.3, 0.4) is 0 Å². The van der Waals surface area contributed by atoms with Gasteiger partial charge in [-0.15, -0.1) is 0 Å². The lowest BCUT2D eigenvalue weighted by atomic mass is 10.2. The standard InChI is InChI=1S/C17H22F2N2O3S.C12H14F2N2OS/c1-17(2,3)24-16(23)20-14-10-25-5-4-21(15(14)22)9-11-6-12(18)8-13(19)7-11;13-9-3-8(4-10(14)5-9)6-16-1-2-18-7-11(15)12(16)17/h6-8,14H,4-5,9-10H2,1-3H3,(H,20,23);3-5,11H,1-2,6-7,15H2. The molecule has 2 saturated heterocycles. The topological polar surface area (TPSA) is 105 Å². The van der Waals surface area contributed by atoms with Gasteiger partial charge in [-0.2, -0.15) is 23.5 Å². The Labute approximate surface area is 257 Å². The van der Waals surface area contributed by atoms with E-state index in [2.05, 4.69) is 5.32 Å². The number of hydrogen-bond donors (Lipinski definition) is 2. The molecule has 3 N–H and O–H groups in total. The summed E-state index contributed by atoms with van der Waals surface area (Å²) < 4.78 is 58.0. The van der Waals surface area contributed by atoms with Crippen molar-refractivity contribution in [2.45, 2.75) is 51.5 Å². The maximum atomic E-state index is 13.3. The zero-order chi connectivity index (χ0) is 31.7. The number of hydrogen-bond acceptors (Lipinski definition) is 7. The monoisotopic (exact) mass is 644 g/mol. The molecular formula is C29H36F4N4O4S2. The highest BCUT2D eigenvalue weighted by Crippen LogP contribution is 2.18. The van der Waals surface area contributed by atoms with Crippen molar-refractivity contribution in [1.29, 1.82) is 0 Å². The van der Waals surface area contributed by atoms with Crippen molar-refractivity contribution in [3.8, 4) is 0 Å². The number of halogens is 4. The maximum absolute atomic E-state index is 13.3. The Morgan fingerprint density at radius 1 is 0.837 bits per heavy atom. The summed E-state index contributed by atoms with van der Waals surface area (Å²) >= 11 is 3.14. The predicted octanol–water partition coefficient (Wildman–Crippen LogP) is 4.30. The van der Waals surface area contributed by atoms with Gasteiger partial charge in [0.05, 0.1) is 6.04 Å². The molecule has 0 bridgehead atoms. The van der Waals surface area contributed by atoms with Gasteiger partial charge in [0.1, 0.15) is 34.9 Å². The summed E-state index contributed by atoms with van der Waals surface area (Å²) in [7, 11) is 0. The highest BCUT2D eigenvalue weighted by Gasteiger charge is 2.30. The van der Waals surface area contributed by atoms with Crippen LogP contribution in [0.2, 0.25) is 0 Å². The van der Waals surface area contributed by atoms with Gasteiger partial charge in [-0.3, -0.25) is 9.59 Å². The summed E-state index contributed by atoms with van der Waals surface area (Å²) in [6, 6.07) is 5.21. The lowest BCUT2D eigenvalue weighted by Gasteiger charge is -2.26. The molecule has 0 radical (unpaired) electrons. The zero-order valence-corrected chi connectivity index (χ0v) is 25.8. The minimum atomic E-state index is -0.735. The predicted molar refractivity (Wildman–Crippen MR) is 159 cm³/mol. The molecule has 14 heteroatoms. The van der Waals surface area contributed by atoms with Gasteiger partial charge in [-0.05, 0) is 56.2 Å². The summed E-state index contributed by atoms with van der Waals surface area (Å²) in [6.45, 7) is 6.48. The molecule has 2 unspecified atom stereocenters. The first kappa shape index (κ1) is 34.5. The molecule has 4 rings (SSSR count). The van der Waals surface area contributed by atoms with E-state index in [1.54, 1.807) is 37.4 Å². The molecule has 0 saturated carbocycles. The number of carbonyl (C=O) groups excluding carboxylic acids is 3. The van der Waals surface area contributed by atoms with Crippen molar-refractivity contribution in [2.75, 3.05) is 36.1 Å². The molecule has 236 valence electrons. The molecule has 2 aliphatic rings. The third-order valence-corrected chi connectivity index (χ3v) is 8.22. The van der Waals surface area contributed by atoms with E-state index >= 15 is 0 Å². The fourth-order valence-corrected chi connectivity index (χ4v) is 6.18. The maximum Gasteiger partial charge on any atom is 0.408 e. The van der Waals surface area contributed by atoms with Crippen LogP contribution in [0.25, 0.3) is 0 Å². The second-order valence-corrected chi connectivity index (χ2v) is 13.3. The van der Waals surface area contributed by atoms with Crippen LogP contribution in [0.5, 0.6) is 0 Å². The smallest absolute Gasteiger partial charge is 0.408 e. The van der Waals surface area contributed by atoms with Gasteiger partial charge in [-0.1, -0.05) is 0 Å². The SMILES string of the molecule is CC(C)(C)OC(=O)NC1CSCCN(Cc2cc(F)cc(F)c2)C1=O.NC1CSCCN(Cc2cc(F)cc(F)c2)C1=O. The summed E-state index contributed by atoms with van der Waals surface area (Å²) in [5.74, 6) is -0.612. The van der Waals surface area contributed by atoms with Crippen LogP contribution in [0.15, 0.2) is 36.4 Å². The van der Waals surface area contributed by atoms with Crippen LogP contribution in [0.4, 0.5) is 22.4 Å². The molecule has 2 fully saturated rings. The van der Waals surface area contributed by atoms with Gasteiger partial charge in [0.25, 0.3) is 0 Å². The van der Waals surface area contributed by atoms with Gasteiger partial charge in [0.15, 0.2) is 0 Å². The van der Waals surface area contributed by atoms with Crippen LogP contribution in [-0.4, -0.2) is 81.5 Å². The number of thioether (sulfide) groups is 2. The minimum Gasteiger partial charge on any atom is -0.444 e. The second-order valence-electron chi connectivity index (χ2n) is 11.0. The molecule has 2 heterocycles. The van der Waals surface area contributed by atoms with Gasteiger partial charge in [-0.25, -0.2) is 22.4 Å². The first-order valence-corrected chi connectivity index (χ1v) is 15.9. The lowest BCUT2D eigenvalue weighted by molar-refractivity contribution is -0.133. The average molecular weight is 645 g/mol. The Hall–Kier alpha value is -2.97. The third-order valence-electron chi connectivity index (χ3n) is 6.11. The molecule has 2 aromatic carbocycles. The quantitative estimate of drug-likeness (QED) is 0.468. The summed E-state index contributed by atoms with van der Waals surface area (Å²) in [6.07, 6.45) is -0.662. The highest BCUT2D eigenvalue weighted by molar-refractivity contribution is 7.99. The number of nitrogens with one attached hydrogen (secondary N) is 1. The first-order valence-electron chi connectivity index (χ1n) is 13.6. The molecular weight excluding hydrogens is 608 g/mol. The number of nitrogens with two attached hydrogens (primary N) is 1. The Bertz CT molecular complexity index is 1260. The van der Waals surface area contributed by atoms with Crippen molar-refractivity contribution in [3.63, 3.8) is 0 Å². The van der Waals surface area contributed by atoms with E-state index in [0.717, 1.165) is 17.9 Å². The van der Waals surface area contributed by atoms with E-state index in [0.29, 0.717) is 41.5 Å². The van der Waals surface area contributed by atoms with E-state index in [-0.39, 0.29) is 24.9 Å². The van der Waals surface area contributed by atoms with Gasteiger partial charge < -0.3 is 25.6 Å². The fraction of sp³-hybridized carbons (Fsp3) is 0.483. The number of rotatable bonds is 5. The van der Waals surface area contributed by atoms with Crippen LogP contribution >= 0.6 is 23.5 Å². The Morgan fingerprint density at radius 2 is 1.28 bits per heavy atom. The Balaban J connectivity index is 0.000000248.